The maximum Gasteiger partial charge on any atom is 0.254 e. The standard InChI is InChI=1S/C21H24FN5O3S/c1-14-13-18(19-15(2)24-25(3)20(19)23-14)21(28)26-9-4-10-27(12-11-26)31(29,30)17-7-5-16(22)6-8-17/h5-8,13H,4,9-12H2,1-3H3. The molecule has 0 spiro atoms. The first-order valence-electron chi connectivity index (χ1n) is 10.0. The first-order chi connectivity index (χ1) is 14.7. The van der Waals surface area contributed by atoms with Crippen molar-refractivity contribution in [2.24, 2.45) is 7.05 Å². The zero-order chi connectivity index (χ0) is 22.3. The third kappa shape index (κ3) is 3.92. The van der Waals surface area contributed by atoms with Crippen molar-refractivity contribution < 1.29 is 17.6 Å². The SMILES string of the molecule is Cc1cc(C(=O)N2CCCN(S(=O)(=O)c3ccc(F)cc3)CC2)c2c(C)nn(C)c2n1. The van der Waals surface area contributed by atoms with E-state index in [0.29, 0.717) is 36.4 Å². The number of carbonyl (C=O) groups excluding carboxylic acids is 1. The number of amides is 1. The Labute approximate surface area is 180 Å². The lowest BCUT2D eigenvalue weighted by atomic mass is 10.1. The third-order valence-corrected chi connectivity index (χ3v) is 7.43. The maximum absolute atomic E-state index is 13.4. The molecule has 1 aromatic carbocycles. The van der Waals surface area contributed by atoms with Gasteiger partial charge in [-0.25, -0.2) is 17.8 Å². The Kier molecular flexibility index (Phi) is 5.52. The second-order valence-electron chi connectivity index (χ2n) is 7.72. The molecule has 164 valence electrons. The molecule has 1 aliphatic rings. The molecule has 3 aromatic rings. The normalized spacial score (nSPS) is 15.9. The average molecular weight is 446 g/mol. The Morgan fingerprint density at radius 3 is 2.48 bits per heavy atom. The van der Waals surface area contributed by atoms with Gasteiger partial charge < -0.3 is 4.90 Å². The van der Waals surface area contributed by atoms with Crippen LogP contribution in [0.5, 0.6) is 0 Å². The number of fused-ring (bicyclic) bond motifs is 1. The molecule has 1 amide bonds. The number of carbonyl (C=O) groups is 1. The highest BCUT2D eigenvalue weighted by Gasteiger charge is 2.29. The fraction of sp³-hybridized carbons (Fsp3) is 0.381. The van der Waals surface area contributed by atoms with Gasteiger partial charge in [-0.15, -0.1) is 0 Å². The van der Waals surface area contributed by atoms with Gasteiger partial charge in [0.05, 0.1) is 21.5 Å². The van der Waals surface area contributed by atoms with Crippen LogP contribution in [0.15, 0.2) is 35.2 Å². The van der Waals surface area contributed by atoms with Gasteiger partial charge in [-0.3, -0.25) is 9.48 Å². The van der Waals surface area contributed by atoms with Crippen LogP contribution in [-0.4, -0.2) is 64.5 Å². The smallest absolute Gasteiger partial charge is 0.254 e. The van der Waals surface area contributed by atoms with Crippen molar-refractivity contribution >= 4 is 27.0 Å². The Balaban J connectivity index is 1.59. The van der Waals surface area contributed by atoms with E-state index in [-0.39, 0.29) is 23.9 Å². The predicted molar refractivity (Wildman–Crippen MR) is 114 cm³/mol. The molecule has 8 nitrogen and oxygen atoms in total. The van der Waals surface area contributed by atoms with Crippen LogP contribution >= 0.6 is 0 Å². The molecule has 0 atom stereocenters. The number of hydrogen-bond donors (Lipinski definition) is 0. The van der Waals surface area contributed by atoms with E-state index in [1.54, 1.807) is 22.7 Å². The average Bonchev–Trinajstić information content (AvgIpc) is 2.89. The zero-order valence-electron chi connectivity index (χ0n) is 17.7. The fourth-order valence-electron chi connectivity index (χ4n) is 4.00. The van der Waals surface area contributed by atoms with Crippen molar-refractivity contribution in [3.05, 3.63) is 53.1 Å². The Morgan fingerprint density at radius 1 is 1.06 bits per heavy atom. The van der Waals surface area contributed by atoms with E-state index < -0.39 is 15.8 Å². The number of nitrogens with zero attached hydrogens (tertiary/aromatic N) is 5. The topological polar surface area (TPSA) is 88.4 Å². The Morgan fingerprint density at radius 2 is 1.77 bits per heavy atom. The van der Waals surface area contributed by atoms with E-state index in [2.05, 4.69) is 10.1 Å². The van der Waals surface area contributed by atoms with E-state index in [1.807, 2.05) is 13.8 Å². The molecular weight excluding hydrogens is 421 g/mol. The second-order valence-corrected chi connectivity index (χ2v) is 9.66. The number of aryl methyl sites for hydroxylation is 3. The summed E-state index contributed by atoms with van der Waals surface area (Å²) in [7, 11) is -1.96. The van der Waals surface area contributed by atoms with Crippen molar-refractivity contribution in [1.82, 2.24) is 24.0 Å². The molecule has 1 aliphatic heterocycles. The number of aromatic nitrogens is 3. The van der Waals surface area contributed by atoms with Crippen LogP contribution in [0.4, 0.5) is 4.39 Å². The predicted octanol–water partition coefficient (Wildman–Crippen LogP) is 2.26. The van der Waals surface area contributed by atoms with Crippen LogP contribution < -0.4 is 0 Å². The second kappa shape index (κ2) is 8.01. The summed E-state index contributed by atoms with van der Waals surface area (Å²) in [5.41, 5.74) is 2.62. The molecule has 10 heteroatoms. The van der Waals surface area contributed by atoms with Gasteiger partial charge in [0.2, 0.25) is 10.0 Å². The first-order valence-corrected chi connectivity index (χ1v) is 11.5. The molecule has 4 rings (SSSR count). The highest BCUT2D eigenvalue weighted by Crippen LogP contribution is 2.24. The third-order valence-electron chi connectivity index (χ3n) is 5.52. The lowest BCUT2D eigenvalue weighted by molar-refractivity contribution is 0.0766. The van der Waals surface area contributed by atoms with Crippen LogP contribution in [0, 0.1) is 19.7 Å². The first kappa shape index (κ1) is 21.4. The quantitative estimate of drug-likeness (QED) is 0.617. The number of rotatable bonds is 3. The highest BCUT2D eigenvalue weighted by molar-refractivity contribution is 7.89. The van der Waals surface area contributed by atoms with Crippen molar-refractivity contribution in [2.75, 3.05) is 26.2 Å². The summed E-state index contributed by atoms with van der Waals surface area (Å²) in [4.78, 5) is 19.6. The summed E-state index contributed by atoms with van der Waals surface area (Å²) in [5, 5.41) is 5.11. The molecule has 31 heavy (non-hydrogen) atoms. The highest BCUT2D eigenvalue weighted by atomic mass is 32.2. The summed E-state index contributed by atoms with van der Waals surface area (Å²) >= 11 is 0. The van der Waals surface area contributed by atoms with Gasteiger partial charge in [-0.2, -0.15) is 9.40 Å². The van der Waals surface area contributed by atoms with Crippen LogP contribution in [0.25, 0.3) is 11.0 Å². The molecule has 0 radical (unpaired) electrons. The van der Waals surface area contributed by atoms with Crippen LogP contribution in [-0.2, 0) is 17.1 Å². The van der Waals surface area contributed by atoms with Gasteiger partial charge in [0.1, 0.15) is 5.82 Å². The molecule has 0 saturated carbocycles. The van der Waals surface area contributed by atoms with Gasteiger partial charge in [0.15, 0.2) is 5.65 Å². The number of pyridine rings is 1. The summed E-state index contributed by atoms with van der Waals surface area (Å²) in [6, 6.07) is 6.55. The van der Waals surface area contributed by atoms with E-state index in [0.717, 1.165) is 23.2 Å². The van der Waals surface area contributed by atoms with Crippen molar-refractivity contribution in [3.63, 3.8) is 0 Å². The van der Waals surface area contributed by atoms with Crippen molar-refractivity contribution in [1.29, 1.82) is 0 Å². The number of benzene rings is 1. The summed E-state index contributed by atoms with van der Waals surface area (Å²) in [6.45, 7) is 4.84. The van der Waals surface area contributed by atoms with Gasteiger partial charge in [-0.05, 0) is 50.6 Å². The van der Waals surface area contributed by atoms with Gasteiger partial charge in [0, 0.05) is 38.9 Å². The molecule has 2 aromatic heterocycles. The van der Waals surface area contributed by atoms with E-state index in [9.17, 15) is 17.6 Å². The number of halogens is 1. The minimum absolute atomic E-state index is 0.0473. The molecule has 0 aliphatic carbocycles. The Bertz CT molecular complexity index is 1250. The minimum atomic E-state index is -3.76. The van der Waals surface area contributed by atoms with Gasteiger partial charge >= 0.3 is 0 Å². The minimum Gasteiger partial charge on any atom is -0.337 e. The molecule has 1 saturated heterocycles. The Hall–Kier alpha value is -2.85. The fourth-order valence-corrected chi connectivity index (χ4v) is 5.47. The molecular formula is C21H24FN5O3S. The van der Waals surface area contributed by atoms with Crippen molar-refractivity contribution in [3.8, 4) is 0 Å². The summed E-state index contributed by atoms with van der Waals surface area (Å²) < 4.78 is 42.1. The van der Waals surface area contributed by atoms with Crippen LogP contribution in [0.2, 0.25) is 0 Å². The van der Waals surface area contributed by atoms with E-state index >= 15 is 0 Å². The molecule has 1 fully saturated rings. The van der Waals surface area contributed by atoms with Crippen LogP contribution in [0.1, 0.15) is 28.2 Å². The van der Waals surface area contributed by atoms with E-state index in [4.69, 9.17) is 0 Å². The summed E-state index contributed by atoms with van der Waals surface area (Å²) in [6.07, 6.45) is 0.505. The molecule has 3 heterocycles. The van der Waals surface area contributed by atoms with Crippen molar-refractivity contribution in [2.45, 2.75) is 25.2 Å². The summed E-state index contributed by atoms with van der Waals surface area (Å²) in [5.74, 6) is -0.649. The molecule has 0 unspecified atom stereocenters. The zero-order valence-corrected chi connectivity index (χ0v) is 18.5. The van der Waals surface area contributed by atoms with Gasteiger partial charge in [-0.1, -0.05) is 0 Å². The largest absolute Gasteiger partial charge is 0.337 e. The lowest BCUT2D eigenvalue weighted by Crippen LogP contribution is -2.37. The number of hydrogen-bond acceptors (Lipinski definition) is 5. The van der Waals surface area contributed by atoms with Gasteiger partial charge in [0.25, 0.3) is 5.91 Å². The van der Waals surface area contributed by atoms with E-state index in [1.165, 1.54) is 16.4 Å². The lowest BCUT2D eigenvalue weighted by Gasteiger charge is -2.22. The molecule has 0 N–H and O–H groups in total. The number of sulfonamides is 1. The molecule has 0 bridgehead atoms. The van der Waals surface area contributed by atoms with Crippen LogP contribution in [0.3, 0.4) is 0 Å². The maximum atomic E-state index is 13.4. The monoisotopic (exact) mass is 445 g/mol.